The van der Waals surface area contributed by atoms with Gasteiger partial charge in [-0.1, -0.05) is 20.8 Å². The Labute approximate surface area is 89.6 Å². The first-order valence-electron chi connectivity index (χ1n) is 5.32. The number of aromatic amines is 1. The molecule has 1 saturated heterocycles. The number of nitrogens with one attached hydrogen (secondary N) is 2. The largest absolute Gasteiger partial charge is 0.368 e. The van der Waals surface area contributed by atoms with E-state index < -0.39 is 0 Å². The predicted octanol–water partition coefficient (Wildman–Crippen LogP) is 0.763. The van der Waals surface area contributed by atoms with Crippen molar-refractivity contribution in [2.45, 2.75) is 32.3 Å². The molecule has 1 fully saturated rings. The number of morpholine rings is 1. The van der Waals surface area contributed by atoms with E-state index in [2.05, 4.69) is 41.3 Å². The summed E-state index contributed by atoms with van der Waals surface area (Å²) in [5.41, 5.74) is -0.0170. The molecule has 1 aromatic heterocycles. The molecule has 2 rings (SSSR count). The highest BCUT2D eigenvalue weighted by Gasteiger charge is 2.24. The van der Waals surface area contributed by atoms with Crippen molar-refractivity contribution >= 4 is 0 Å². The first-order valence-corrected chi connectivity index (χ1v) is 5.32. The van der Waals surface area contributed by atoms with Gasteiger partial charge in [-0.15, -0.1) is 0 Å². The Hall–Kier alpha value is -0.940. The van der Waals surface area contributed by atoms with Gasteiger partial charge in [0.2, 0.25) is 0 Å². The molecule has 0 spiro atoms. The molecule has 1 atom stereocenters. The summed E-state index contributed by atoms with van der Waals surface area (Å²) in [7, 11) is 0. The van der Waals surface area contributed by atoms with E-state index in [0.717, 1.165) is 31.3 Å². The van der Waals surface area contributed by atoms with Gasteiger partial charge in [0.25, 0.3) is 0 Å². The highest BCUT2D eigenvalue weighted by atomic mass is 16.5. The third-order valence-corrected chi connectivity index (χ3v) is 2.41. The van der Waals surface area contributed by atoms with Crippen LogP contribution in [0.4, 0.5) is 0 Å². The van der Waals surface area contributed by atoms with Crippen molar-refractivity contribution in [2.24, 2.45) is 0 Å². The molecule has 0 unspecified atom stereocenters. The molecule has 1 aromatic rings. The monoisotopic (exact) mass is 210 g/mol. The van der Waals surface area contributed by atoms with Crippen LogP contribution in [0.3, 0.4) is 0 Å². The van der Waals surface area contributed by atoms with Crippen LogP contribution in [-0.4, -0.2) is 34.9 Å². The smallest absolute Gasteiger partial charge is 0.156 e. The number of rotatable bonds is 1. The third kappa shape index (κ3) is 2.35. The first kappa shape index (κ1) is 10.6. The molecule has 15 heavy (non-hydrogen) atoms. The molecular formula is C10H18N4O. The average Bonchev–Trinajstić information content (AvgIpc) is 2.67. The molecule has 5 nitrogen and oxygen atoms in total. The van der Waals surface area contributed by atoms with Crippen molar-refractivity contribution in [3.63, 3.8) is 0 Å². The maximum absolute atomic E-state index is 5.59. The summed E-state index contributed by atoms with van der Waals surface area (Å²) in [6.07, 6.45) is 0.0161. The van der Waals surface area contributed by atoms with E-state index in [1.165, 1.54) is 0 Å². The zero-order valence-corrected chi connectivity index (χ0v) is 9.50. The topological polar surface area (TPSA) is 62.8 Å². The Balaban J connectivity index is 2.12. The summed E-state index contributed by atoms with van der Waals surface area (Å²) in [5.74, 6) is 1.67. The molecule has 1 aliphatic rings. The molecule has 0 radical (unpaired) electrons. The Kier molecular flexibility index (Phi) is 2.75. The minimum absolute atomic E-state index is 0.0161. The van der Waals surface area contributed by atoms with Gasteiger partial charge in [-0.25, -0.2) is 4.98 Å². The lowest BCUT2D eigenvalue weighted by Gasteiger charge is -2.21. The van der Waals surface area contributed by atoms with E-state index in [9.17, 15) is 0 Å². The molecule has 84 valence electrons. The lowest BCUT2D eigenvalue weighted by molar-refractivity contribution is 0.0223. The highest BCUT2D eigenvalue weighted by Crippen LogP contribution is 2.20. The second kappa shape index (κ2) is 3.90. The van der Waals surface area contributed by atoms with Crippen molar-refractivity contribution in [1.82, 2.24) is 20.5 Å². The molecule has 0 aliphatic carbocycles. The molecule has 0 saturated carbocycles. The van der Waals surface area contributed by atoms with Gasteiger partial charge in [0, 0.05) is 18.5 Å². The van der Waals surface area contributed by atoms with Gasteiger partial charge in [0.15, 0.2) is 11.6 Å². The predicted molar refractivity (Wildman–Crippen MR) is 56.6 cm³/mol. The first-order chi connectivity index (χ1) is 7.07. The molecular weight excluding hydrogens is 192 g/mol. The Morgan fingerprint density at radius 2 is 2.20 bits per heavy atom. The lowest BCUT2D eigenvalue weighted by atomic mass is 9.96. The summed E-state index contributed by atoms with van der Waals surface area (Å²) in [5, 5.41) is 10.4. The molecule has 0 bridgehead atoms. The zero-order valence-electron chi connectivity index (χ0n) is 9.50. The van der Waals surface area contributed by atoms with Crippen LogP contribution < -0.4 is 5.32 Å². The standard InChI is InChI=1S/C10H18N4O/c1-10(2,3)9-12-8(13-14-9)7-6-11-4-5-15-7/h7,11H,4-6H2,1-3H3,(H,12,13,14)/t7-/m0/s1. The van der Waals surface area contributed by atoms with Gasteiger partial charge in [-0.2, -0.15) is 5.10 Å². The Bertz CT molecular complexity index is 322. The molecule has 5 heteroatoms. The van der Waals surface area contributed by atoms with Crippen LogP contribution in [0, 0.1) is 0 Å². The molecule has 2 heterocycles. The molecule has 0 amide bonds. The summed E-state index contributed by atoms with van der Waals surface area (Å²) in [6.45, 7) is 8.74. The van der Waals surface area contributed by atoms with Crippen LogP contribution in [-0.2, 0) is 10.2 Å². The summed E-state index contributed by atoms with van der Waals surface area (Å²) in [6, 6.07) is 0. The van der Waals surface area contributed by atoms with Gasteiger partial charge >= 0.3 is 0 Å². The van der Waals surface area contributed by atoms with E-state index in [1.54, 1.807) is 0 Å². The molecule has 1 aliphatic heterocycles. The Morgan fingerprint density at radius 3 is 2.73 bits per heavy atom. The van der Waals surface area contributed by atoms with Crippen molar-refractivity contribution in [2.75, 3.05) is 19.7 Å². The van der Waals surface area contributed by atoms with Crippen LogP contribution in [0.5, 0.6) is 0 Å². The van der Waals surface area contributed by atoms with Crippen molar-refractivity contribution in [1.29, 1.82) is 0 Å². The van der Waals surface area contributed by atoms with E-state index in [-0.39, 0.29) is 11.5 Å². The average molecular weight is 210 g/mol. The zero-order chi connectivity index (χ0) is 10.9. The number of H-pyrrole nitrogens is 1. The van der Waals surface area contributed by atoms with Crippen molar-refractivity contribution in [3.05, 3.63) is 11.6 Å². The van der Waals surface area contributed by atoms with Gasteiger partial charge in [-0.3, -0.25) is 5.10 Å². The lowest BCUT2D eigenvalue weighted by Crippen LogP contribution is -2.33. The van der Waals surface area contributed by atoms with Gasteiger partial charge in [0.1, 0.15) is 6.10 Å². The second-order valence-electron chi connectivity index (χ2n) is 4.86. The summed E-state index contributed by atoms with van der Waals surface area (Å²) < 4.78 is 5.59. The van der Waals surface area contributed by atoms with E-state index in [0.29, 0.717) is 0 Å². The van der Waals surface area contributed by atoms with E-state index >= 15 is 0 Å². The summed E-state index contributed by atoms with van der Waals surface area (Å²) in [4.78, 5) is 4.47. The number of hydrogen-bond acceptors (Lipinski definition) is 4. The number of aromatic nitrogens is 3. The third-order valence-electron chi connectivity index (χ3n) is 2.41. The molecule has 0 aromatic carbocycles. The van der Waals surface area contributed by atoms with Crippen LogP contribution in [0.1, 0.15) is 38.5 Å². The number of nitrogens with zero attached hydrogens (tertiary/aromatic N) is 2. The maximum atomic E-state index is 5.59. The SMILES string of the molecule is CC(C)(C)c1n[nH]c([C@@H]2CNCCO2)n1. The van der Waals surface area contributed by atoms with Crippen LogP contribution in [0.2, 0.25) is 0 Å². The number of ether oxygens (including phenoxy) is 1. The fraction of sp³-hybridized carbons (Fsp3) is 0.800. The van der Waals surface area contributed by atoms with Gasteiger partial charge in [-0.05, 0) is 0 Å². The van der Waals surface area contributed by atoms with Gasteiger partial charge < -0.3 is 10.1 Å². The van der Waals surface area contributed by atoms with Crippen LogP contribution in [0.25, 0.3) is 0 Å². The van der Waals surface area contributed by atoms with Crippen molar-refractivity contribution < 1.29 is 4.74 Å². The van der Waals surface area contributed by atoms with Crippen LogP contribution >= 0.6 is 0 Å². The van der Waals surface area contributed by atoms with Gasteiger partial charge in [0.05, 0.1) is 6.61 Å². The number of hydrogen-bond donors (Lipinski definition) is 2. The van der Waals surface area contributed by atoms with Crippen molar-refractivity contribution in [3.8, 4) is 0 Å². The quantitative estimate of drug-likeness (QED) is 0.718. The Morgan fingerprint density at radius 1 is 1.40 bits per heavy atom. The normalized spacial score (nSPS) is 23.0. The minimum Gasteiger partial charge on any atom is -0.368 e. The maximum Gasteiger partial charge on any atom is 0.156 e. The fourth-order valence-corrected chi connectivity index (χ4v) is 1.49. The minimum atomic E-state index is -0.0170. The summed E-state index contributed by atoms with van der Waals surface area (Å²) >= 11 is 0. The van der Waals surface area contributed by atoms with E-state index in [4.69, 9.17) is 4.74 Å². The van der Waals surface area contributed by atoms with E-state index in [1.807, 2.05) is 0 Å². The highest BCUT2D eigenvalue weighted by molar-refractivity contribution is 5.04. The van der Waals surface area contributed by atoms with Crippen LogP contribution in [0.15, 0.2) is 0 Å². The second-order valence-corrected chi connectivity index (χ2v) is 4.86. The fourth-order valence-electron chi connectivity index (χ4n) is 1.49. The molecule has 2 N–H and O–H groups in total.